The number of piperazine rings is 1. The summed E-state index contributed by atoms with van der Waals surface area (Å²) in [4.78, 5) is 18.5. The Bertz CT molecular complexity index is 1450. The summed E-state index contributed by atoms with van der Waals surface area (Å²) in [6.07, 6.45) is 0. The summed E-state index contributed by atoms with van der Waals surface area (Å²) < 4.78 is 5.75. The maximum Gasteiger partial charge on any atom is 0.243 e. The van der Waals surface area contributed by atoms with Gasteiger partial charge in [0, 0.05) is 44.2 Å². The normalized spacial score (nSPS) is 16.4. The van der Waals surface area contributed by atoms with Crippen LogP contribution in [-0.4, -0.2) is 49.0 Å². The third-order valence-corrected chi connectivity index (χ3v) is 7.75. The minimum absolute atomic E-state index is 0.136. The molecule has 1 amide bonds. The molecule has 0 spiro atoms. The first kappa shape index (κ1) is 25.5. The number of fused-ring (bicyclic) bond motifs is 1. The molecular weight excluding hydrogens is 470 g/mol. The van der Waals surface area contributed by atoms with E-state index in [2.05, 4.69) is 53.4 Å². The molecule has 4 aromatic carbocycles. The lowest BCUT2D eigenvalue weighted by Gasteiger charge is -2.40. The van der Waals surface area contributed by atoms with Crippen LogP contribution in [0.2, 0.25) is 0 Å². The first-order valence-electron chi connectivity index (χ1n) is 13.1. The Kier molecular flexibility index (Phi) is 7.44. The van der Waals surface area contributed by atoms with Gasteiger partial charge >= 0.3 is 0 Å². The van der Waals surface area contributed by atoms with Crippen LogP contribution in [0.1, 0.15) is 29.5 Å². The summed E-state index contributed by atoms with van der Waals surface area (Å²) in [5, 5.41) is 12.8. The van der Waals surface area contributed by atoms with Crippen LogP contribution in [0.4, 0.5) is 0 Å². The molecule has 4 aromatic rings. The SMILES string of the molecule is COc1ccccc1C(c1cccc2ccccc12)[C@@](C)(C#N)C(=O)N1CCN(Cc2ccccc2)CC1. The average Bonchev–Trinajstić information content (AvgIpc) is 2.98. The van der Waals surface area contributed by atoms with Gasteiger partial charge in [-0.25, -0.2) is 0 Å². The van der Waals surface area contributed by atoms with Crippen LogP contribution in [-0.2, 0) is 11.3 Å². The molecule has 5 heteroatoms. The van der Waals surface area contributed by atoms with E-state index < -0.39 is 11.3 Å². The number of nitrogens with zero attached hydrogens (tertiary/aromatic N) is 3. The molecule has 5 rings (SSSR count). The fourth-order valence-electron chi connectivity index (χ4n) is 5.71. The molecule has 192 valence electrons. The number of hydrogen-bond donors (Lipinski definition) is 0. The van der Waals surface area contributed by atoms with Gasteiger partial charge in [-0.3, -0.25) is 9.69 Å². The summed E-state index contributed by atoms with van der Waals surface area (Å²) in [5.74, 6) is 0.0280. The number of rotatable bonds is 7. The fraction of sp³-hybridized carbons (Fsp3) is 0.273. The maximum absolute atomic E-state index is 14.3. The number of benzene rings is 4. The molecule has 1 aliphatic rings. The van der Waals surface area contributed by atoms with Crippen LogP contribution in [0.3, 0.4) is 0 Å². The third-order valence-electron chi connectivity index (χ3n) is 7.75. The van der Waals surface area contributed by atoms with Gasteiger partial charge in [-0.1, -0.05) is 91.0 Å². The van der Waals surface area contributed by atoms with Gasteiger partial charge in [-0.05, 0) is 34.9 Å². The molecule has 0 bridgehead atoms. The van der Waals surface area contributed by atoms with Crippen LogP contribution < -0.4 is 4.74 Å². The Labute approximate surface area is 224 Å². The van der Waals surface area contributed by atoms with Gasteiger partial charge in [-0.15, -0.1) is 0 Å². The second-order valence-electron chi connectivity index (χ2n) is 10.1. The molecule has 1 saturated heterocycles. The Morgan fingerprint density at radius 1 is 0.868 bits per heavy atom. The molecule has 38 heavy (non-hydrogen) atoms. The standard InChI is InChI=1S/C33H33N3O2/c1-33(24-34,32(37)36-21-19-35(20-22-36)23-25-11-4-3-5-12-25)31(29-16-8-9-18-30(29)38-2)28-17-10-14-26-13-6-7-15-27(26)28/h3-18,31H,19-23H2,1-2H3/t31?,33-/m1/s1. The highest BCUT2D eigenvalue weighted by molar-refractivity contribution is 5.91. The number of nitriles is 1. The van der Waals surface area contributed by atoms with Crippen molar-refractivity contribution in [3.05, 3.63) is 114 Å². The van der Waals surface area contributed by atoms with Gasteiger partial charge < -0.3 is 9.64 Å². The molecule has 2 atom stereocenters. The monoisotopic (exact) mass is 503 g/mol. The lowest BCUT2D eigenvalue weighted by Crippen LogP contribution is -2.53. The first-order valence-corrected chi connectivity index (χ1v) is 13.1. The van der Waals surface area contributed by atoms with E-state index in [4.69, 9.17) is 4.74 Å². The van der Waals surface area contributed by atoms with Crippen molar-refractivity contribution in [2.75, 3.05) is 33.3 Å². The summed E-state index contributed by atoms with van der Waals surface area (Å²) in [6.45, 7) is 5.39. The van der Waals surface area contributed by atoms with Crippen molar-refractivity contribution in [3.63, 3.8) is 0 Å². The van der Waals surface area contributed by atoms with Crippen LogP contribution in [0, 0.1) is 16.7 Å². The topological polar surface area (TPSA) is 56.6 Å². The molecule has 1 aliphatic heterocycles. The number of hydrogen-bond acceptors (Lipinski definition) is 4. The third kappa shape index (κ3) is 4.88. The van der Waals surface area contributed by atoms with Crippen molar-refractivity contribution in [2.24, 2.45) is 5.41 Å². The Hall–Kier alpha value is -4.14. The Morgan fingerprint density at radius 3 is 2.24 bits per heavy atom. The van der Waals surface area contributed by atoms with E-state index in [1.165, 1.54) is 5.56 Å². The number of carbonyl (C=O) groups excluding carboxylic acids is 1. The van der Waals surface area contributed by atoms with Crippen molar-refractivity contribution >= 4 is 16.7 Å². The Balaban J connectivity index is 1.50. The average molecular weight is 504 g/mol. The predicted molar refractivity (Wildman–Crippen MR) is 151 cm³/mol. The van der Waals surface area contributed by atoms with Crippen LogP contribution >= 0.6 is 0 Å². The van der Waals surface area contributed by atoms with E-state index in [0.717, 1.165) is 41.5 Å². The van der Waals surface area contributed by atoms with Gasteiger partial charge in [0.05, 0.1) is 13.2 Å². The lowest BCUT2D eigenvalue weighted by molar-refractivity contribution is -0.140. The van der Waals surface area contributed by atoms with Gasteiger partial charge in [-0.2, -0.15) is 5.26 Å². The zero-order valence-corrected chi connectivity index (χ0v) is 22.0. The highest BCUT2D eigenvalue weighted by Crippen LogP contribution is 2.47. The highest BCUT2D eigenvalue weighted by atomic mass is 16.5. The second kappa shape index (κ2) is 11.1. The highest BCUT2D eigenvalue weighted by Gasteiger charge is 2.47. The van der Waals surface area contributed by atoms with E-state index in [-0.39, 0.29) is 5.91 Å². The van der Waals surface area contributed by atoms with Crippen LogP contribution in [0.25, 0.3) is 10.8 Å². The first-order chi connectivity index (χ1) is 18.5. The summed E-state index contributed by atoms with van der Waals surface area (Å²) in [5.41, 5.74) is 1.72. The van der Waals surface area contributed by atoms with E-state index in [1.54, 1.807) is 14.0 Å². The number of methoxy groups -OCH3 is 1. The molecule has 5 nitrogen and oxygen atoms in total. The van der Waals surface area contributed by atoms with Gasteiger partial charge in [0.1, 0.15) is 11.2 Å². The molecule has 0 radical (unpaired) electrons. The maximum atomic E-state index is 14.3. The molecule has 1 unspecified atom stereocenters. The van der Waals surface area contributed by atoms with Gasteiger partial charge in [0.15, 0.2) is 0 Å². The van der Waals surface area contributed by atoms with Crippen LogP contribution in [0.15, 0.2) is 97.1 Å². The van der Waals surface area contributed by atoms with E-state index >= 15 is 0 Å². The van der Waals surface area contributed by atoms with Crippen molar-refractivity contribution in [1.82, 2.24) is 9.80 Å². The molecule has 0 N–H and O–H groups in total. The van der Waals surface area contributed by atoms with E-state index in [0.29, 0.717) is 18.8 Å². The van der Waals surface area contributed by atoms with Gasteiger partial charge in [0.25, 0.3) is 0 Å². The van der Waals surface area contributed by atoms with E-state index in [9.17, 15) is 10.1 Å². The number of ether oxygens (including phenoxy) is 1. The molecule has 0 saturated carbocycles. The summed E-state index contributed by atoms with van der Waals surface area (Å²) >= 11 is 0. The van der Waals surface area contributed by atoms with E-state index in [1.807, 2.05) is 59.5 Å². The number of para-hydroxylation sites is 1. The molecular formula is C33H33N3O2. The molecule has 1 heterocycles. The zero-order chi connectivity index (χ0) is 26.5. The molecule has 1 fully saturated rings. The van der Waals surface area contributed by atoms with Gasteiger partial charge in [0.2, 0.25) is 5.91 Å². The minimum atomic E-state index is -1.33. The van der Waals surface area contributed by atoms with Crippen molar-refractivity contribution in [1.29, 1.82) is 5.26 Å². The van der Waals surface area contributed by atoms with Crippen molar-refractivity contribution in [3.8, 4) is 11.8 Å². The smallest absolute Gasteiger partial charge is 0.243 e. The minimum Gasteiger partial charge on any atom is -0.496 e. The van der Waals surface area contributed by atoms with Crippen molar-refractivity contribution in [2.45, 2.75) is 19.4 Å². The Morgan fingerprint density at radius 2 is 1.50 bits per heavy atom. The quantitative estimate of drug-likeness (QED) is 0.317. The second-order valence-corrected chi connectivity index (χ2v) is 10.1. The molecule has 0 aliphatic carbocycles. The zero-order valence-electron chi connectivity index (χ0n) is 22.0. The summed E-state index contributed by atoms with van der Waals surface area (Å²) in [6, 6.07) is 34.9. The van der Waals surface area contributed by atoms with Crippen molar-refractivity contribution < 1.29 is 9.53 Å². The van der Waals surface area contributed by atoms with Crippen LogP contribution in [0.5, 0.6) is 5.75 Å². The summed E-state index contributed by atoms with van der Waals surface area (Å²) in [7, 11) is 1.64. The lowest BCUT2D eigenvalue weighted by atomic mass is 9.68. The number of amides is 1. The number of carbonyl (C=O) groups is 1. The molecule has 0 aromatic heterocycles. The fourth-order valence-corrected chi connectivity index (χ4v) is 5.71. The predicted octanol–water partition coefficient (Wildman–Crippen LogP) is 5.85. The largest absolute Gasteiger partial charge is 0.496 e.